The van der Waals surface area contributed by atoms with Crippen LogP contribution in [0.5, 0.6) is 0 Å². The molecule has 7 heteroatoms. The molecule has 2 fully saturated rings. The predicted octanol–water partition coefficient (Wildman–Crippen LogP) is -0.686. The summed E-state index contributed by atoms with van der Waals surface area (Å²) in [4.78, 5) is 36.7. The predicted molar refractivity (Wildman–Crippen MR) is 68.1 cm³/mol. The lowest BCUT2D eigenvalue weighted by Crippen LogP contribution is -2.57. The maximum Gasteiger partial charge on any atom is 0.322 e. The van der Waals surface area contributed by atoms with Gasteiger partial charge in [-0.1, -0.05) is 13.3 Å². The van der Waals surface area contributed by atoms with E-state index in [1.807, 2.05) is 6.92 Å². The maximum atomic E-state index is 12.1. The molecule has 0 aromatic rings. The zero-order valence-corrected chi connectivity index (χ0v) is 11.1. The van der Waals surface area contributed by atoms with Gasteiger partial charge >= 0.3 is 6.03 Å². The maximum absolute atomic E-state index is 12.1. The number of nitrogens with one attached hydrogen (secondary N) is 2. The molecule has 2 aliphatic heterocycles. The third-order valence-electron chi connectivity index (χ3n) is 3.86. The smallest absolute Gasteiger partial charge is 0.322 e. The number of nitrogens with two attached hydrogens (primary N) is 1. The summed E-state index contributed by atoms with van der Waals surface area (Å²) >= 11 is 0. The first-order valence-corrected chi connectivity index (χ1v) is 6.66. The number of carbonyl (C=O) groups is 3. The van der Waals surface area contributed by atoms with E-state index in [-0.39, 0.29) is 11.8 Å². The standard InChI is InChI=1S/C12H20N4O3/c1-2-3-8(13)9(17)16-6-4-12(5-7-16)10(18)14-11(19)15-12/h8H,2-7,13H2,1H3,(H2,14,15,18,19)/t8-/m1/s1. The van der Waals surface area contributed by atoms with Gasteiger partial charge in [0.1, 0.15) is 5.54 Å². The van der Waals surface area contributed by atoms with E-state index in [0.717, 1.165) is 6.42 Å². The summed E-state index contributed by atoms with van der Waals surface area (Å²) in [5.41, 5.74) is 4.98. The third kappa shape index (κ3) is 2.56. The van der Waals surface area contributed by atoms with Crippen LogP contribution >= 0.6 is 0 Å². The normalized spacial score (nSPS) is 23.2. The number of amides is 4. The summed E-state index contributed by atoms with van der Waals surface area (Å²) in [7, 11) is 0. The van der Waals surface area contributed by atoms with Gasteiger partial charge in [0.25, 0.3) is 5.91 Å². The molecule has 0 radical (unpaired) electrons. The Morgan fingerprint density at radius 2 is 2.05 bits per heavy atom. The van der Waals surface area contributed by atoms with Crippen LogP contribution in [-0.2, 0) is 9.59 Å². The Bertz CT molecular complexity index is 402. The molecule has 19 heavy (non-hydrogen) atoms. The van der Waals surface area contributed by atoms with Gasteiger partial charge in [0, 0.05) is 13.1 Å². The molecule has 2 saturated heterocycles. The first kappa shape index (κ1) is 13.8. The Morgan fingerprint density at radius 1 is 1.42 bits per heavy atom. The fourth-order valence-electron chi connectivity index (χ4n) is 2.66. The molecule has 1 spiro atoms. The number of hydrogen-bond donors (Lipinski definition) is 3. The minimum atomic E-state index is -0.831. The van der Waals surface area contributed by atoms with Crippen molar-refractivity contribution in [2.75, 3.05) is 13.1 Å². The molecule has 2 rings (SSSR count). The molecule has 4 amide bonds. The number of nitrogens with zero attached hydrogens (tertiary/aromatic N) is 1. The number of imide groups is 1. The molecule has 0 unspecified atom stereocenters. The van der Waals surface area contributed by atoms with Crippen LogP contribution in [0.3, 0.4) is 0 Å². The van der Waals surface area contributed by atoms with Gasteiger partial charge in [0.15, 0.2) is 0 Å². The summed E-state index contributed by atoms with van der Waals surface area (Å²) in [6, 6.07) is -0.918. The molecule has 0 bridgehead atoms. The summed E-state index contributed by atoms with van der Waals surface area (Å²) in [6.07, 6.45) is 2.41. The van der Waals surface area contributed by atoms with Crippen molar-refractivity contribution >= 4 is 17.8 Å². The highest BCUT2D eigenvalue weighted by atomic mass is 16.2. The molecule has 106 valence electrons. The highest BCUT2D eigenvalue weighted by Crippen LogP contribution is 2.25. The Balaban J connectivity index is 1.94. The number of likely N-dealkylation sites (tertiary alicyclic amines) is 1. The van der Waals surface area contributed by atoms with Crippen LogP contribution < -0.4 is 16.4 Å². The van der Waals surface area contributed by atoms with Crippen LogP contribution in [0.2, 0.25) is 0 Å². The van der Waals surface area contributed by atoms with E-state index in [2.05, 4.69) is 10.6 Å². The molecule has 0 aromatic heterocycles. The van der Waals surface area contributed by atoms with Crippen LogP contribution in [0.1, 0.15) is 32.6 Å². The molecular formula is C12H20N4O3. The van der Waals surface area contributed by atoms with E-state index in [0.29, 0.717) is 32.4 Å². The van der Waals surface area contributed by atoms with Gasteiger partial charge in [0.2, 0.25) is 5.91 Å². The lowest BCUT2D eigenvalue weighted by atomic mass is 9.87. The van der Waals surface area contributed by atoms with Crippen molar-refractivity contribution in [3.63, 3.8) is 0 Å². The second-order valence-electron chi connectivity index (χ2n) is 5.21. The Labute approximate surface area is 111 Å². The second-order valence-corrected chi connectivity index (χ2v) is 5.21. The molecule has 2 aliphatic rings. The zero-order valence-electron chi connectivity index (χ0n) is 11.1. The average Bonchev–Trinajstić information content (AvgIpc) is 2.64. The van der Waals surface area contributed by atoms with Crippen LogP contribution in [0.15, 0.2) is 0 Å². The fourth-order valence-corrected chi connectivity index (χ4v) is 2.66. The molecular weight excluding hydrogens is 248 g/mol. The SMILES string of the molecule is CCC[C@@H](N)C(=O)N1CCC2(CC1)NC(=O)NC2=O. The van der Waals surface area contributed by atoms with Gasteiger partial charge in [-0.25, -0.2) is 4.79 Å². The monoisotopic (exact) mass is 268 g/mol. The van der Waals surface area contributed by atoms with Gasteiger partial charge in [-0.3, -0.25) is 14.9 Å². The van der Waals surface area contributed by atoms with E-state index in [9.17, 15) is 14.4 Å². The van der Waals surface area contributed by atoms with E-state index in [4.69, 9.17) is 5.73 Å². The topological polar surface area (TPSA) is 105 Å². The van der Waals surface area contributed by atoms with Crippen molar-refractivity contribution in [2.24, 2.45) is 5.73 Å². The zero-order chi connectivity index (χ0) is 14.0. The van der Waals surface area contributed by atoms with Gasteiger partial charge in [-0.05, 0) is 19.3 Å². The third-order valence-corrected chi connectivity index (χ3v) is 3.86. The van der Waals surface area contributed by atoms with Gasteiger partial charge in [-0.2, -0.15) is 0 Å². The first-order valence-electron chi connectivity index (χ1n) is 6.66. The average molecular weight is 268 g/mol. The number of urea groups is 1. The van der Waals surface area contributed by atoms with Crippen molar-refractivity contribution in [2.45, 2.75) is 44.2 Å². The molecule has 7 nitrogen and oxygen atoms in total. The van der Waals surface area contributed by atoms with E-state index in [1.54, 1.807) is 4.90 Å². The Morgan fingerprint density at radius 3 is 2.53 bits per heavy atom. The fraction of sp³-hybridized carbons (Fsp3) is 0.750. The quantitative estimate of drug-likeness (QED) is 0.589. The summed E-state index contributed by atoms with van der Waals surface area (Å²) in [5, 5.41) is 4.91. The van der Waals surface area contributed by atoms with E-state index < -0.39 is 17.6 Å². The van der Waals surface area contributed by atoms with Gasteiger partial charge in [0.05, 0.1) is 6.04 Å². The summed E-state index contributed by atoms with van der Waals surface area (Å²) < 4.78 is 0. The summed E-state index contributed by atoms with van der Waals surface area (Å²) in [5.74, 6) is -0.358. The Kier molecular flexibility index (Phi) is 3.75. The molecule has 1 atom stereocenters. The lowest BCUT2D eigenvalue weighted by Gasteiger charge is -2.37. The van der Waals surface area contributed by atoms with Gasteiger partial charge < -0.3 is 16.0 Å². The minimum absolute atomic E-state index is 0.0681. The first-order chi connectivity index (χ1) is 8.98. The van der Waals surface area contributed by atoms with Crippen molar-refractivity contribution in [3.8, 4) is 0 Å². The van der Waals surface area contributed by atoms with Crippen molar-refractivity contribution in [3.05, 3.63) is 0 Å². The highest BCUT2D eigenvalue weighted by Gasteiger charge is 2.48. The molecule has 2 heterocycles. The van der Waals surface area contributed by atoms with E-state index in [1.165, 1.54) is 0 Å². The molecule has 0 aromatic carbocycles. The van der Waals surface area contributed by atoms with Crippen LogP contribution in [0, 0.1) is 0 Å². The van der Waals surface area contributed by atoms with Crippen molar-refractivity contribution in [1.29, 1.82) is 0 Å². The van der Waals surface area contributed by atoms with Crippen LogP contribution in [0.25, 0.3) is 0 Å². The number of hydrogen-bond acceptors (Lipinski definition) is 4. The molecule has 0 aliphatic carbocycles. The van der Waals surface area contributed by atoms with E-state index >= 15 is 0 Å². The van der Waals surface area contributed by atoms with Crippen molar-refractivity contribution in [1.82, 2.24) is 15.5 Å². The Hall–Kier alpha value is -1.63. The number of piperidine rings is 1. The number of rotatable bonds is 3. The minimum Gasteiger partial charge on any atom is -0.341 e. The molecule has 4 N–H and O–H groups in total. The van der Waals surface area contributed by atoms with Gasteiger partial charge in [-0.15, -0.1) is 0 Å². The van der Waals surface area contributed by atoms with Crippen molar-refractivity contribution < 1.29 is 14.4 Å². The van der Waals surface area contributed by atoms with Crippen LogP contribution in [0.4, 0.5) is 4.79 Å². The molecule has 0 saturated carbocycles. The second kappa shape index (κ2) is 5.16. The highest BCUT2D eigenvalue weighted by molar-refractivity contribution is 6.07. The number of carbonyl (C=O) groups excluding carboxylic acids is 3. The lowest BCUT2D eigenvalue weighted by molar-refractivity contribution is -0.137. The van der Waals surface area contributed by atoms with Crippen LogP contribution in [-0.4, -0.2) is 47.4 Å². The largest absolute Gasteiger partial charge is 0.341 e. The summed E-state index contributed by atoms with van der Waals surface area (Å²) in [6.45, 7) is 2.88.